The molecule has 1 rings (SSSR count). The van der Waals surface area contributed by atoms with Gasteiger partial charge in [0.1, 0.15) is 0 Å². The van der Waals surface area contributed by atoms with Gasteiger partial charge >= 0.3 is 5.97 Å². The van der Waals surface area contributed by atoms with Gasteiger partial charge in [-0.25, -0.2) is 12.7 Å². The highest BCUT2D eigenvalue weighted by Crippen LogP contribution is 2.05. The molecule has 0 amide bonds. The molecule has 1 aliphatic heterocycles. The molecule has 118 valence electrons. The van der Waals surface area contributed by atoms with Crippen LogP contribution in [0.5, 0.6) is 0 Å². The Morgan fingerprint density at radius 2 is 1.60 bits per heavy atom. The molecule has 0 aromatic rings. The first kappa shape index (κ1) is 17.4. The second-order valence-corrected chi connectivity index (χ2v) is 7.58. The van der Waals surface area contributed by atoms with Gasteiger partial charge in [-0.05, 0) is 13.0 Å². The second kappa shape index (κ2) is 7.92. The van der Waals surface area contributed by atoms with Gasteiger partial charge in [0.05, 0.1) is 12.2 Å². The van der Waals surface area contributed by atoms with Crippen molar-refractivity contribution in [1.82, 2.24) is 14.1 Å². The molecule has 1 saturated heterocycles. The van der Waals surface area contributed by atoms with E-state index in [-0.39, 0.29) is 12.2 Å². The summed E-state index contributed by atoms with van der Waals surface area (Å²) in [5.41, 5.74) is 0. The number of piperazine rings is 1. The van der Waals surface area contributed by atoms with E-state index in [2.05, 4.69) is 9.80 Å². The number of rotatable bonds is 8. The molecule has 0 aromatic heterocycles. The van der Waals surface area contributed by atoms with Crippen molar-refractivity contribution in [3.63, 3.8) is 0 Å². The summed E-state index contributed by atoms with van der Waals surface area (Å²) >= 11 is 0. The van der Waals surface area contributed by atoms with Gasteiger partial charge in [-0.15, -0.1) is 0 Å². The van der Waals surface area contributed by atoms with Crippen LogP contribution in [0.1, 0.15) is 12.8 Å². The molecule has 0 saturated carbocycles. The quantitative estimate of drug-likeness (QED) is 0.642. The smallest absolute Gasteiger partial charge is 0.304 e. The summed E-state index contributed by atoms with van der Waals surface area (Å²) in [6.45, 7) is 4.84. The van der Waals surface area contributed by atoms with Crippen LogP contribution in [-0.4, -0.2) is 92.7 Å². The van der Waals surface area contributed by atoms with Gasteiger partial charge < -0.3 is 14.9 Å². The fourth-order valence-electron chi connectivity index (χ4n) is 2.14. The Labute approximate surface area is 121 Å². The standard InChI is InChI=1S/C12H25N3O4S/c1-13(2)20(18,19)11-3-5-14-7-9-15(10-8-14)6-4-12(16)17/h3-11H2,1-2H3,(H,16,17). The Morgan fingerprint density at radius 3 is 2.05 bits per heavy atom. The van der Waals surface area contributed by atoms with E-state index in [1.54, 1.807) is 14.1 Å². The molecule has 0 bridgehead atoms. The molecule has 0 radical (unpaired) electrons. The van der Waals surface area contributed by atoms with E-state index in [1.165, 1.54) is 4.31 Å². The molecule has 0 spiro atoms. The fraction of sp³-hybridized carbons (Fsp3) is 0.917. The lowest BCUT2D eigenvalue weighted by atomic mass is 10.2. The van der Waals surface area contributed by atoms with Crippen molar-refractivity contribution >= 4 is 16.0 Å². The van der Waals surface area contributed by atoms with Crippen molar-refractivity contribution in [2.24, 2.45) is 0 Å². The van der Waals surface area contributed by atoms with E-state index in [0.717, 1.165) is 32.7 Å². The lowest BCUT2D eigenvalue weighted by molar-refractivity contribution is -0.137. The molecular formula is C12H25N3O4S. The number of aliphatic carboxylic acids is 1. The first-order valence-corrected chi connectivity index (χ1v) is 8.49. The van der Waals surface area contributed by atoms with Gasteiger partial charge in [-0.1, -0.05) is 0 Å². The molecule has 0 aromatic carbocycles. The van der Waals surface area contributed by atoms with Crippen molar-refractivity contribution in [1.29, 1.82) is 0 Å². The highest BCUT2D eigenvalue weighted by Gasteiger charge is 2.18. The molecule has 1 aliphatic rings. The number of carbonyl (C=O) groups is 1. The lowest BCUT2D eigenvalue weighted by Crippen LogP contribution is -2.47. The Bertz CT molecular complexity index is 403. The maximum absolute atomic E-state index is 11.6. The van der Waals surface area contributed by atoms with E-state index in [0.29, 0.717) is 13.0 Å². The lowest BCUT2D eigenvalue weighted by Gasteiger charge is -2.34. The largest absolute Gasteiger partial charge is 0.481 e. The summed E-state index contributed by atoms with van der Waals surface area (Å²) in [5, 5.41) is 8.64. The normalized spacial score (nSPS) is 18.6. The van der Waals surface area contributed by atoms with Crippen LogP contribution < -0.4 is 0 Å². The number of carboxylic acid groups (broad SMARTS) is 1. The van der Waals surface area contributed by atoms with Crippen molar-refractivity contribution in [2.45, 2.75) is 12.8 Å². The first-order chi connectivity index (χ1) is 9.31. The SMILES string of the molecule is CN(C)S(=O)(=O)CCCN1CCN(CCC(=O)O)CC1. The van der Waals surface area contributed by atoms with Crippen LogP contribution in [0.2, 0.25) is 0 Å². The number of sulfonamides is 1. The van der Waals surface area contributed by atoms with Gasteiger partial charge in [-0.2, -0.15) is 0 Å². The third-order valence-electron chi connectivity index (χ3n) is 3.54. The fourth-order valence-corrected chi connectivity index (χ4v) is 3.00. The van der Waals surface area contributed by atoms with Gasteiger partial charge in [0.25, 0.3) is 0 Å². The molecule has 1 heterocycles. The minimum Gasteiger partial charge on any atom is -0.481 e. The first-order valence-electron chi connectivity index (χ1n) is 6.88. The van der Waals surface area contributed by atoms with Gasteiger partial charge in [0.2, 0.25) is 10.0 Å². The Morgan fingerprint density at radius 1 is 1.10 bits per heavy atom. The third-order valence-corrected chi connectivity index (χ3v) is 5.46. The van der Waals surface area contributed by atoms with Crippen LogP contribution in [0, 0.1) is 0 Å². The van der Waals surface area contributed by atoms with Gasteiger partial charge in [-0.3, -0.25) is 4.79 Å². The van der Waals surface area contributed by atoms with Crippen LogP contribution in [-0.2, 0) is 14.8 Å². The molecular weight excluding hydrogens is 282 g/mol. The Hall–Kier alpha value is -0.700. The highest BCUT2D eigenvalue weighted by molar-refractivity contribution is 7.89. The monoisotopic (exact) mass is 307 g/mol. The molecule has 20 heavy (non-hydrogen) atoms. The van der Waals surface area contributed by atoms with Crippen molar-refractivity contribution < 1.29 is 18.3 Å². The van der Waals surface area contributed by atoms with E-state index < -0.39 is 16.0 Å². The molecule has 0 aliphatic carbocycles. The zero-order valence-corrected chi connectivity index (χ0v) is 13.1. The minimum atomic E-state index is -3.10. The van der Waals surface area contributed by atoms with Crippen LogP contribution in [0.15, 0.2) is 0 Å². The summed E-state index contributed by atoms with van der Waals surface area (Å²) in [6.07, 6.45) is 0.816. The third kappa shape index (κ3) is 6.17. The number of hydrogen-bond donors (Lipinski definition) is 1. The van der Waals surface area contributed by atoms with Crippen LogP contribution >= 0.6 is 0 Å². The minimum absolute atomic E-state index is 0.180. The zero-order valence-electron chi connectivity index (χ0n) is 12.3. The number of nitrogens with zero attached hydrogens (tertiary/aromatic N) is 3. The van der Waals surface area contributed by atoms with E-state index in [1.807, 2.05) is 0 Å². The average Bonchev–Trinajstić information content (AvgIpc) is 2.37. The highest BCUT2D eigenvalue weighted by atomic mass is 32.2. The predicted molar refractivity (Wildman–Crippen MR) is 77.2 cm³/mol. The van der Waals surface area contributed by atoms with Crippen LogP contribution in [0.25, 0.3) is 0 Å². The van der Waals surface area contributed by atoms with E-state index in [9.17, 15) is 13.2 Å². The number of carboxylic acids is 1. The van der Waals surface area contributed by atoms with Crippen molar-refractivity contribution in [3.8, 4) is 0 Å². The average molecular weight is 307 g/mol. The molecule has 1 fully saturated rings. The summed E-state index contributed by atoms with van der Waals surface area (Å²) in [4.78, 5) is 14.9. The molecule has 0 unspecified atom stereocenters. The molecule has 1 N–H and O–H groups in total. The topological polar surface area (TPSA) is 81.2 Å². The summed E-state index contributed by atoms with van der Waals surface area (Å²) in [5.74, 6) is -0.583. The zero-order chi connectivity index (χ0) is 15.2. The second-order valence-electron chi connectivity index (χ2n) is 5.28. The van der Waals surface area contributed by atoms with Gasteiger partial charge in [0.15, 0.2) is 0 Å². The number of hydrogen-bond acceptors (Lipinski definition) is 5. The van der Waals surface area contributed by atoms with Crippen LogP contribution in [0.4, 0.5) is 0 Å². The van der Waals surface area contributed by atoms with Crippen molar-refractivity contribution in [2.75, 3.05) is 59.1 Å². The molecule has 8 heteroatoms. The van der Waals surface area contributed by atoms with Crippen LogP contribution in [0.3, 0.4) is 0 Å². The molecule has 0 atom stereocenters. The Balaban J connectivity index is 2.18. The summed E-state index contributed by atoms with van der Waals surface area (Å²) < 4.78 is 24.5. The Kier molecular flexibility index (Phi) is 6.87. The van der Waals surface area contributed by atoms with Gasteiger partial charge in [0, 0.05) is 46.8 Å². The summed E-state index contributed by atoms with van der Waals surface area (Å²) in [7, 11) is 0.00734. The summed E-state index contributed by atoms with van der Waals surface area (Å²) in [6, 6.07) is 0. The van der Waals surface area contributed by atoms with Crippen molar-refractivity contribution in [3.05, 3.63) is 0 Å². The maximum atomic E-state index is 11.6. The molecule has 7 nitrogen and oxygen atoms in total. The predicted octanol–water partition coefficient (Wildman–Crippen LogP) is -0.640. The van der Waals surface area contributed by atoms with E-state index in [4.69, 9.17) is 5.11 Å². The maximum Gasteiger partial charge on any atom is 0.304 e. The van der Waals surface area contributed by atoms with E-state index >= 15 is 0 Å².